The summed E-state index contributed by atoms with van der Waals surface area (Å²) < 4.78 is 5.72. The Labute approximate surface area is 101 Å². The van der Waals surface area contributed by atoms with Crippen molar-refractivity contribution >= 4 is 11.6 Å². The Kier molecular flexibility index (Phi) is 4.22. The van der Waals surface area contributed by atoms with Gasteiger partial charge in [0.15, 0.2) is 0 Å². The van der Waals surface area contributed by atoms with Gasteiger partial charge in [0.1, 0.15) is 0 Å². The average Bonchev–Trinajstić information content (AvgIpc) is 2.32. The third-order valence-electron chi connectivity index (χ3n) is 3.03. The lowest BCUT2D eigenvalue weighted by atomic mass is 9.94. The first-order valence-corrected chi connectivity index (χ1v) is 6.18. The van der Waals surface area contributed by atoms with Crippen molar-refractivity contribution in [2.75, 3.05) is 0 Å². The predicted molar refractivity (Wildman–Crippen MR) is 64.5 cm³/mol. The van der Waals surface area contributed by atoms with Crippen molar-refractivity contribution in [2.45, 2.75) is 43.5 Å². The molecule has 3 heteroatoms. The van der Waals surface area contributed by atoms with Gasteiger partial charge >= 0.3 is 0 Å². The molecule has 3 atom stereocenters. The summed E-state index contributed by atoms with van der Waals surface area (Å²) in [5.41, 5.74) is 1.13. The highest BCUT2D eigenvalue weighted by molar-refractivity contribution is 6.21. The van der Waals surface area contributed by atoms with Gasteiger partial charge in [0.25, 0.3) is 0 Å². The zero-order chi connectivity index (χ0) is 11.4. The van der Waals surface area contributed by atoms with E-state index < -0.39 is 6.10 Å². The summed E-state index contributed by atoms with van der Waals surface area (Å²) in [6.45, 7) is 0.548. The summed E-state index contributed by atoms with van der Waals surface area (Å²) in [5.74, 6) is 0. The SMILES string of the molecule is O[C@@H]1[C@@H](Cl)CCC[C@H]1OCc1ccccc1. The molecule has 1 aliphatic rings. The lowest BCUT2D eigenvalue weighted by molar-refractivity contribution is -0.0641. The van der Waals surface area contributed by atoms with Crippen LogP contribution in [0, 0.1) is 0 Å². The summed E-state index contributed by atoms with van der Waals surface area (Å²) in [6, 6.07) is 10.00. The van der Waals surface area contributed by atoms with E-state index in [1.165, 1.54) is 0 Å². The van der Waals surface area contributed by atoms with Crippen LogP contribution in [0.5, 0.6) is 0 Å². The van der Waals surface area contributed by atoms with Gasteiger partial charge in [-0.2, -0.15) is 0 Å². The summed E-state index contributed by atoms with van der Waals surface area (Å²) in [7, 11) is 0. The van der Waals surface area contributed by atoms with E-state index in [2.05, 4.69) is 0 Å². The van der Waals surface area contributed by atoms with E-state index in [1.807, 2.05) is 30.3 Å². The lowest BCUT2D eigenvalue weighted by Crippen LogP contribution is -2.39. The fraction of sp³-hybridized carbons (Fsp3) is 0.538. The smallest absolute Gasteiger partial charge is 0.0965 e. The number of aliphatic hydroxyl groups is 1. The van der Waals surface area contributed by atoms with Crippen LogP contribution < -0.4 is 0 Å². The van der Waals surface area contributed by atoms with Crippen LogP contribution in [0.15, 0.2) is 30.3 Å². The van der Waals surface area contributed by atoms with Gasteiger partial charge in [-0.25, -0.2) is 0 Å². The topological polar surface area (TPSA) is 29.5 Å². The molecular weight excluding hydrogens is 224 g/mol. The molecule has 2 nitrogen and oxygen atoms in total. The van der Waals surface area contributed by atoms with Crippen LogP contribution >= 0.6 is 11.6 Å². The number of ether oxygens (including phenoxy) is 1. The lowest BCUT2D eigenvalue weighted by Gasteiger charge is -2.31. The van der Waals surface area contributed by atoms with Crippen LogP contribution in [0.4, 0.5) is 0 Å². The fourth-order valence-electron chi connectivity index (χ4n) is 2.05. The number of halogens is 1. The Hall–Kier alpha value is -0.570. The standard InChI is InChI=1S/C13H17ClO2/c14-11-7-4-8-12(13(11)15)16-9-10-5-2-1-3-6-10/h1-3,5-6,11-13,15H,4,7-9H2/t11-,12+,13+/m0/s1. The first kappa shape index (κ1) is 11.9. The molecule has 0 saturated heterocycles. The minimum absolute atomic E-state index is 0.114. The number of aliphatic hydroxyl groups excluding tert-OH is 1. The van der Waals surface area contributed by atoms with Gasteiger partial charge < -0.3 is 9.84 Å². The molecule has 1 N–H and O–H groups in total. The molecule has 0 heterocycles. The normalized spacial score (nSPS) is 30.2. The van der Waals surface area contributed by atoms with Crippen LogP contribution in [-0.2, 0) is 11.3 Å². The fourth-order valence-corrected chi connectivity index (χ4v) is 2.36. The van der Waals surface area contributed by atoms with E-state index in [9.17, 15) is 5.11 Å². The Morgan fingerprint density at radius 1 is 1.25 bits per heavy atom. The first-order valence-electron chi connectivity index (χ1n) is 5.75. The molecule has 0 amide bonds. The van der Waals surface area contributed by atoms with E-state index in [-0.39, 0.29) is 11.5 Å². The number of alkyl halides is 1. The summed E-state index contributed by atoms with van der Waals surface area (Å²) in [6.07, 6.45) is 2.17. The number of benzene rings is 1. The molecule has 0 spiro atoms. The molecule has 1 aliphatic carbocycles. The molecule has 1 aromatic rings. The van der Waals surface area contributed by atoms with Crippen LogP contribution in [0.25, 0.3) is 0 Å². The van der Waals surface area contributed by atoms with Gasteiger partial charge in [0, 0.05) is 0 Å². The van der Waals surface area contributed by atoms with Crippen molar-refractivity contribution in [3.8, 4) is 0 Å². The minimum atomic E-state index is -0.529. The number of rotatable bonds is 3. The maximum atomic E-state index is 9.86. The van der Waals surface area contributed by atoms with E-state index in [1.54, 1.807) is 0 Å². The molecule has 0 aliphatic heterocycles. The van der Waals surface area contributed by atoms with E-state index >= 15 is 0 Å². The maximum absolute atomic E-state index is 9.86. The van der Waals surface area contributed by atoms with Crippen molar-refractivity contribution in [3.05, 3.63) is 35.9 Å². The molecule has 0 unspecified atom stereocenters. The molecule has 0 aromatic heterocycles. The number of hydrogen-bond donors (Lipinski definition) is 1. The van der Waals surface area contributed by atoms with E-state index in [0.717, 1.165) is 24.8 Å². The van der Waals surface area contributed by atoms with Gasteiger partial charge in [-0.05, 0) is 24.8 Å². The third kappa shape index (κ3) is 2.97. The monoisotopic (exact) mass is 240 g/mol. The molecule has 1 aromatic carbocycles. The quantitative estimate of drug-likeness (QED) is 0.824. The van der Waals surface area contributed by atoms with Gasteiger partial charge in [0.2, 0.25) is 0 Å². The molecule has 1 fully saturated rings. The van der Waals surface area contributed by atoms with Gasteiger partial charge in [-0.15, -0.1) is 11.6 Å². The zero-order valence-electron chi connectivity index (χ0n) is 9.18. The van der Waals surface area contributed by atoms with Crippen molar-refractivity contribution < 1.29 is 9.84 Å². The Morgan fingerprint density at radius 3 is 2.75 bits per heavy atom. The summed E-state index contributed by atoms with van der Waals surface area (Å²) in [5, 5.41) is 9.70. The van der Waals surface area contributed by atoms with Crippen molar-refractivity contribution in [1.82, 2.24) is 0 Å². The second-order valence-electron chi connectivity index (χ2n) is 4.27. The second-order valence-corrected chi connectivity index (χ2v) is 4.83. The highest BCUT2D eigenvalue weighted by Crippen LogP contribution is 2.26. The highest BCUT2D eigenvalue weighted by Gasteiger charge is 2.30. The van der Waals surface area contributed by atoms with Crippen molar-refractivity contribution in [2.24, 2.45) is 0 Å². The van der Waals surface area contributed by atoms with Gasteiger partial charge in [-0.3, -0.25) is 0 Å². The Balaban J connectivity index is 1.85. The Morgan fingerprint density at radius 2 is 2.00 bits per heavy atom. The third-order valence-corrected chi connectivity index (χ3v) is 3.50. The molecule has 0 radical (unpaired) electrons. The molecule has 0 bridgehead atoms. The van der Waals surface area contributed by atoms with Crippen LogP contribution in [0.2, 0.25) is 0 Å². The summed E-state index contributed by atoms with van der Waals surface area (Å²) in [4.78, 5) is 0. The van der Waals surface area contributed by atoms with Crippen LogP contribution in [-0.4, -0.2) is 22.7 Å². The average molecular weight is 241 g/mol. The predicted octanol–water partition coefficient (Wildman–Crippen LogP) is 2.72. The molecule has 88 valence electrons. The molecular formula is C13H17ClO2. The zero-order valence-corrected chi connectivity index (χ0v) is 9.94. The summed E-state index contributed by atoms with van der Waals surface area (Å²) >= 11 is 6.01. The van der Waals surface area contributed by atoms with Crippen LogP contribution in [0.3, 0.4) is 0 Å². The first-order chi connectivity index (χ1) is 7.77. The Bertz CT molecular complexity index is 315. The molecule has 2 rings (SSSR count). The van der Waals surface area contributed by atoms with Gasteiger partial charge in [0.05, 0.1) is 24.2 Å². The maximum Gasteiger partial charge on any atom is 0.0965 e. The van der Waals surface area contributed by atoms with E-state index in [0.29, 0.717) is 6.61 Å². The highest BCUT2D eigenvalue weighted by atomic mass is 35.5. The van der Waals surface area contributed by atoms with E-state index in [4.69, 9.17) is 16.3 Å². The molecule has 16 heavy (non-hydrogen) atoms. The van der Waals surface area contributed by atoms with Crippen LogP contribution in [0.1, 0.15) is 24.8 Å². The number of hydrogen-bond acceptors (Lipinski definition) is 2. The second kappa shape index (κ2) is 5.67. The van der Waals surface area contributed by atoms with Crippen molar-refractivity contribution in [3.63, 3.8) is 0 Å². The minimum Gasteiger partial charge on any atom is -0.389 e. The van der Waals surface area contributed by atoms with Gasteiger partial charge in [-0.1, -0.05) is 30.3 Å². The molecule has 1 saturated carbocycles. The van der Waals surface area contributed by atoms with Crippen molar-refractivity contribution in [1.29, 1.82) is 0 Å². The largest absolute Gasteiger partial charge is 0.389 e.